The van der Waals surface area contributed by atoms with Gasteiger partial charge in [-0.2, -0.15) is 0 Å². The van der Waals surface area contributed by atoms with Gasteiger partial charge >= 0.3 is 0 Å². The molecule has 0 unspecified atom stereocenters. The zero-order valence-electron chi connectivity index (χ0n) is 9.08. The average Bonchev–Trinajstić information content (AvgIpc) is 2.70. The van der Waals surface area contributed by atoms with Gasteiger partial charge in [-0.15, -0.1) is 0 Å². The third kappa shape index (κ3) is 1.89. The van der Waals surface area contributed by atoms with Crippen molar-refractivity contribution in [1.29, 1.82) is 0 Å². The smallest absolute Gasteiger partial charge is 0.134 e. The van der Waals surface area contributed by atoms with Gasteiger partial charge in [0.05, 0.1) is 0 Å². The molecule has 2 heteroatoms. The highest BCUT2D eigenvalue weighted by Gasteiger charge is 2.04. The number of hydrogen-bond donors (Lipinski definition) is 1. The normalized spacial score (nSPS) is 10.5. The molecule has 0 aliphatic heterocycles. The molecule has 2 aromatic rings. The number of benzene rings is 1. The third-order valence-corrected chi connectivity index (χ3v) is 2.56. The van der Waals surface area contributed by atoms with E-state index in [9.17, 15) is 0 Å². The summed E-state index contributed by atoms with van der Waals surface area (Å²) in [5, 5.41) is 0. The summed E-state index contributed by atoms with van der Waals surface area (Å²) in [4.78, 5) is 0. The van der Waals surface area contributed by atoms with Crippen LogP contribution in [0.1, 0.15) is 18.2 Å². The van der Waals surface area contributed by atoms with Gasteiger partial charge in [0, 0.05) is 17.7 Å². The minimum absolute atomic E-state index is 0.820. The number of furan rings is 1. The topological polar surface area (TPSA) is 39.2 Å². The molecule has 0 atom stereocenters. The highest BCUT2D eigenvalue weighted by Crippen LogP contribution is 2.25. The van der Waals surface area contributed by atoms with Crippen LogP contribution in [0.3, 0.4) is 0 Å². The molecule has 0 bridgehead atoms. The molecule has 0 aliphatic carbocycles. The Bertz CT molecular complexity index is 471. The van der Waals surface area contributed by atoms with E-state index in [1.165, 1.54) is 0 Å². The lowest BCUT2D eigenvalue weighted by Crippen LogP contribution is -1.88. The lowest BCUT2D eigenvalue weighted by molar-refractivity contribution is 0.529. The van der Waals surface area contributed by atoms with Crippen LogP contribution in [0.25, 0.3) is 11.3 Å². The summed E-state index contributed by atoms with van der Waals surface area (Å²) in [7, 11) is 0. The lowest BCUT2D eigenvalue weighted by atomic mass is 10.1. The number of nitrogens with two attached hydrogens (primary N) is 1. The number of hydrogen-bond acceptors (Lipinski definition) is 2. The minimum atomic E-state index is 0.820. The van der Waals surface area contributed by atoms with Crippen molar-refractivity contribution in [3.05, 3.63) is 41.7 Å². The molecule has 0 fully saturated rings. The Morgan fingerprint density at radius 1 is 1.20 bits per heavy atom. The molecular weight excluding hydrogens is 186 g/mol. The van der Waals surface area contributed by atoms with Gasteiger partial charge in [-0.3, -0.25) is 0 Å². The van der Waals surface area contributed by atoms with E-state index in [0.717, 1.165) is 34.8 Å². The molecule has 15 heavy (non-hydrogen) atoms. The van der Waals surface area contributed by atoms with Crippen molar-refractivity contribution in [3.63, 3.8) is 0 Å². The molecule has 0 spiro atoms. The van der Waals surface area contributed by atoms with E-state index in [1.54, 1.807) is 0 Å². The standard InChI is InChI=1S/C13H15NO/c1-3-11-5-7-13(15-11)10-4-6-12(14)9(2)8-10/h4-8H,3,14H2,1-2H3. The van der Waals surface area contributed by atoms with Gasteiger partial charge in [-0.25, -0.2) is 0 Å². The minimum Gasteiger partial charge on any atom is -0.461 e. The van der Waals surface area contributed by atoms with Gasteiger partial charge in [0.15, 0.2) is 0 Å². The van der Waals surface area contributed by atoms with Crippen LogP contribution >= 0.6 is 0 Å². The molecule has 2 rings (SSSR count). The SMILES string of the molecule is CCc1ccc(-c2ccc(N)c(C)c2)o1. The Labute approximate surface area is 89.7 Å². The summed E-state index contributed by atoms with van der Waals surface area (Å²) in [5.74, 6) is 1.93. The van der Waals surface area contributed by atoms with E-state index < -0.39 is 0 Å². The van der Waals surface area contributed by atoms with Crippen molar-refractivity contribution in [2.24, 2.45) is 0 Å². The lowest BCUT2D eigenvalue weighted by Gasteiger charge is -2.02. The first kappa shape index (κ1) is 9.84. The molecular formula is C13H15NO. The van der Waals surface area contributed by atoms with E-state index in [0.29, 0.717) is 0 Å². The van der Waals surface area contributed by atoms with E-state index >= 15 is 0 Å². The van der Waals surface area contributed by atoms with Crippen LogP contribution < -0.4 is 5.73 Å². The maximum atomic E-state index is 5.77. The van der Waals surface area contributed by atoms with Gasteiger partial charge in [-0.1, -0.05) is 6.92 Å². The van der Waals surface area contributed by atoms with Gasteiger partial charge in [0.25, 0.3) is 0 Å². The maximum Gasteiger partial charge on any atom is 0.134 e. The summed E-state index contributed by atoms with van der Waals surface area (Å²) in [6, 6.07) is 9.97. The van der Waals surface area contributed by atoms with Crippen LogP contribution in [-0.2, 0) is 6.42 Å². The molecule has 0 saturated heterocycles. The van der Waals surface area contributed by atoms with Crippen LogP contribution in [0.4, 0.5) is 5.69 Å². The highest BCUT2D eigenvalue weighted by molar-refractivity contribution is 5.63. The maximum absolute atomic E-state index is 5.77. The Balaban J connectivity index is 2.40. The van der Waals surface area contributed by atoms with Crippen LogP contribution in [0.2, 0.25) is 0 Å². The van der Waals surface area contributed by atoms with Crippen LogP contribution in [-0.4, -0.2) is 0 Å². The molecule has 1 aromatic heterocycles. The summed E-state index contributed by atoms with van der Waals surface area (Å²) in [6.07, 6.45) is 0.925. The quantitative estimate of drug-likeness (QED) is 0.756. The molecule has 2 nitrogen and oxygen atoms in total. The van der Waals surface area contributed by atoms with Crippen LogP contribution in [0.15, 0.2) is 34.7 Å². The highest BCUT2D eigenvalue weighted by atomic mass is 16.3. The van der Waals surface area contributed by atoms with Crippen molar-refractivity contribution >= 4 is 5.69 Å². The second kappa shape index (κ2) is 3.81. The Morgan fingerprint density at radius 3 is 2.60 bits per heavy atom. The second-order valence-electron chi connectivity index (χ2n) is 3.69. The molecule has 1 heterocycles. The summed E-state index contributed by atoms with van der Waals surface area (Å²) in [6.45, 7) is 4.08. The predicted octanol–water partition coefficient (Wildman–Crippen LogP) is 3.40. The Kier molecular flexibility index (Phi) is 2.50. The van der Waals surface area contributed by atoms with Crippen molar-refractivity contribution < 1.29 is 4.42 Å². The first-order chi connectivity index (χ1) is 7.20. The Hall–Kier alpha value is -1.70. The van der Waals surface area contributed by atoms with Crippen molar-refractivity contribution in [1.82, 2.24) is 0 Å². The molecule has 1 aromatic carbocycles. The van der Waals surface area contributed by atoms with Crippen molar-refractivity contribution in [3.8, 4) is 11.3 Å². The number of anilines is 1. The predicted molar refractivity (Wildman–Crippen MR) is 62.7 cm³/mol. The van der Waals surface area contributed by atoms with E-state index in [1.807, 2.05) is 37.3 Å². The largest absolute Gasteiger partial charge is 0.461 e. The third-order valence-electron chi connectivity index (χ3n) is 2.56. The van der Waals surface area contributed by atoms with Crippen molar-refractivity contribution in [2.75, 3.05) is 5.73 Å². The number of rotatable bonds is 2. The van der Waals surface area contributed by atoms with Crippen LogP contribution in [0.5, 0.6) is 0 Å². The van der Waals surface area contributed by atoms with Gasteiger partial charge < -0.3 is 10.2 Å². The fourth-order valence-electron chi connectivity index (χ4n) is 1.55. The van der Waals surface area contributed by atoms with Gasteiger partial charge in [0.2, 0.25) is 0 Å². The molecule has 0 amide bonds. The van der Waals surface area contributed by atoms with Gasteiger partial charge in [0.1, 0.15) is 11.5 Å². The summed E-state index contributed by atoms with van der Waals surface area (Å²) < 4.78 is 5.67. The first-order valence-corrected chi connectivity index (χ1v) is 5.16. The fraction of sp³-hybridized carbons (Fsp3) is 0.231. The number of aryl methyl sites for hydroxylation is 2. The Morgan fingerprint density at radius 2 is 2.00 bits per heavy atom. The first-order valence-electron chi connectivity index (χ1n) is 5.16. The number of nitrogen functional groups attached to an aromatic ring is 1. The molecule has 0 radical (unpaired) electrons. The second-order valence-corrected chi connectivity index (χ2v) is 3.69. The molecule has 78 valence electrons. The molecule has 0 saturated carbocycles. The summed E-state index contributed by atoms with van der Waals surface area (Å²) in [5.41, 5.74) is 8.76. The van der Waals surface area contributed by atoms with Crippen LogP contribution in [0, 0.1) is 6.92 Å². The van der Waals surface area contributed by atoms with Gasteiger partial charge in [-0.05, 0) is 42.8 Å². The van der Waals surface area contributed by atoms with E-state index in [2.05, 4.69) is 6.92 Å². The monoisotopic (exact) mass is 201 g/mol. The molecule has 0 aliphatic rings. The van der Waals surface area contributed by atoms with Crippen molar-refractivity contribution in [2.45, 2.75) is 20.3 Å². The average molecular weight is 201 g/mol. The summed E-state index contributed by atoms with van der Waals surface area (Å²) >= 11 is 0. The fourth-order valence-corrected chi connectivity index (χ4v) is 1.55. The zero-order valence-corrected chi connectivity index (χ0v) is 9.08. The van der Waals surface area contributed by atoms with E-state index in [-0.39, 0.29) is 0 Å². The zero-order chi connectivity index (χ0) is 10.8. The molecule has 2 N–H and O–H groups in total. The van der Waals surface area contributed by atoms with E-state index in [4.69, 9.17) is 10.2 Å².